The van der Waals surface area contributed by atoms with E-state index < -0.39 is 5.60 Å². The molecule has 11 heteroatoms. The van der Waals surface area contributed by atoms with Crippen molar-refractivity contribution in [1.29, 1.82) is 0 Å². The summed E-state index contributed by atoms with van der Waals surface area (Å²) < 4.78 is 1.38. The van der Waals surface area contributed by atoms with Crippen molar-refractivity contribution in [2.75, 3.05) is 29.3 Å². The Morgan fingerprint density at radius 2 is 2.14 bits per heavy atom. The topological polar surface area (TPSA) is 140 Å². The Morgan fingerprint density at radius 1 is 1.38 bits per heavy atom. The van der Waals surface area contributed by atoms with Crippen LogP contribution in [0.1, 0.15) is 6.92 Å². The number of hydrogen-bond acceptors (Lipinski definition) is 10. The molecule has 0 saturated carbocycles. The summed E-state index contributed by atoms with van der Waals surface area (Å²) in [5, 5.41) is 17.0. The van der Waals surface area contributed by atoms with Crippen molar-refractivity contribution < 1.29 is 5.11 Å². The lowest BCUT2D eigenvalue weighted by molar-refractivity contribution is 0.0995. The van der Waals surface area contributed by atoms with Crippen molar-refractivity contribution >= 4 is 23.7 Å². The third-order valence-corrected chi connectivity index (χ3v) is 3.37. The summed E-state index contributed by atoms with van der Waals surface area (Å²) >= 11 is 1.55. The molecule has 0 fully saturated rings. The van der Waals surface area contributed by atoms with E-state index in [0.29, 0.717) is 12.3 Å². The van der Waals surface area contributed by atoms with Gasteiger partial charge in [-0.25, -0.2) is 10.8 Å². The van der Waals surface area contributed by atoms with E-state index in [4.69, 9.17) is 5.84 Å². The lowest BCUT2D eigenvalue weighted by Gasteiger charge is -2.22. The van der Waals surface area contributed by atoms with Gasteiger partial charge in [-0.1, -0.05) is 0 Å². The van der Waals surface area contributed by atoms with Gasteiger partial charge in [0.2, 0.25) is 11.9 Å². The molecule has 2 aromatic rings. The molecular formula is C10H17N9OS. The Balaban J connectivity index is 2.18. The highest BCUT2D eigenvalue weighted by Crippen LogP contribution is 2.13. The number of hydrazine groups is 1. The first kappa shape index (κ1) is 15.4. The van der Waals surface area contributed by atoms with Crippen molar-refractivity contribution in [3.8, 4) is 5.95 Å². The fourth-order valence-electron chi connectivity index (χ4n) is 1.55. The van der Waals surface area contributed by atoms with Crippen LogP contribution in [0.5, 0.6) is 0 Å². The summed E-state index contributed by atoms with van der Waals surface area (Å²) in [6, 6.07) is 0. The second-order valence-corrected chi connectivity index (χ2v) is 5.42. The zero-order valence-electron chi connectivity index (χ0n) is 11.7. The predicted octanol–water partition coefficient (Wildman–Crippen LogP) is -0.736. The largest absolute Gasteiger partial charge is 0.387 e. The molecule has 0 aromatic carbocycles. The summed E-state index contributed by atoms with van der Waals surface area (Å²) in [6.07, 6.45) is 4.76. The van der Waals surface area contributed by atoms with E-state index in [0.717, 1.165) is 0 Å². The summed E-state index contributed by atoms with van der Waals surface area (Å²) in [5.74, 6) is 6.66. The van der Waals surface area contributed by atoms with Crippen LogP contribution in [0, 0.1) is 0 Å². The van der Waals surface area contributed by atoms with Gasteiger partial charge in [0.1, 0.15) is 12.7 Å². The molecule has 2 rings (SSSR count). The molecule has 2 heterocycles. The highest BCUT2D eigenvalue weighted by atomic mass is 32.2. The first-order valence-electron chi connectivity index (χ1n) is 6.07. The molecule has 0 aliphatic heterocycles. The van der Waals surface area contributed by atoms with Gasteiger partial charge < -0.3 is 10.4 Å². The van der Waals surface area contributed by atoms with Gasteiger partial charge in [0.25, 0.3) is 5.95 Å². The monoisotopic (exact) mass is 311 g/mol. The molecular weight excluding hydrogens is 294 g/mol. The molecule has 0 spiro atoms. The fourth-order valence-corrected chi connectivity index (χ4v) is 2.28. The molecule has 0 bridgehead atoms. The average molecular weight is 311 g/mol. The zero-order chi connectivity index (χ0) is 15.3. The first-order chi connectivity index (χ1) is 10.0. The molecule has 0 aliphatic carbocycles. The molecule has 0 aliphatic rings. The maximum Gasteiger partial charge on any atom is 0.258 e. The third kappa shape index (κ3) is 4.24. The van der Waals surface area contributed by atoms with E-state index in [1.165, 1.54) is 17.3 Å². The number of thioether (sulfide) groups is 1. The third-order valence-electron chi connectivity index (χ3n) is 2.46. The van der Waals surface area contributed by atoms with Gasteiger partial charge in [0.05, 0.1) is 5.60 Å². The summed E-state index contributed by atoms with van der Waals surface area (Å²) in [5.41, 5.74) is 1.48. The molecule has 0 amide bonds. The van der Waals surface area contributed by atoms with Crippen LogP contribution >= 0.6 is 11.8 Å². The van der Waals surface area contributed by atoms with Gasteiger partial charge in [-0.3, -0.25) is 5.43 Å². The number of anilines is 2. The van der Waals surface area contributed by atoms with Crippen LogP contribution in [0.4, 0.5) is 11.9 Å². The van der Waals surface area contributed by atoms with E-state index >= 15 is 0 Å². The minimum Gasteiger partial charge on any atom is -0.387 e. The van der Waals surface area contributed by atoms with Gasteiger partial charge in [0.15, 0.2) is 0 Å². The van der Waals surface area contributed by atoms with Crippen LogP contribution < -0.4 is 16.6 Å². The maximum atomic E-state index is 10.1. The molecule has 1 unspecified atom stereocenters. The molecule has 0 saturated heterocycles. The summed E-state index contributed by atoms with van der Waals surface area (Å²) in [7, 11) is 0. The number of nitrogens with one attached hydrogen (secondary N) is 2. The van der Waals surface area contributed by atoms with Crippen LogP contribution in [-0.2, 0) is 0 Å². The van der Waals surface area contributed by atoms with E-state index in [2.05, 4.69) is 35.8 Å². The number of aromatic nitrogens is 6. The molecule has 21 heavy (non-hydrogen) atoms. The molecule has 5 N–H and O–H groups in total. The van der Waals surface area contributed by atoms with Crippen molar-refractivity contribution in [1.82, 2.24) is 29.7 Å². The number of nitrogens with zero attached hydrogens (tertiary/aromatic N) is 6. The number of hydrogen-bond donors (Lipinski definition) is 4. The first-order valence-corrected chi connectivity index (χ1v) is 7.46. The number of nitrogens with two attached hydrogens (primary N) is 1. The second-order valence-electron chi connectivity index (χ2n) is 4.55. The predicted molar refractivity (Wildman–Crippen MR) is 80.0 cm³/mol. The Kier molecular flexibility index (Phi) is 4.88. The Hall–Kier alpha value is -1.98. The van der Waals surface area contributed by atoms with E-state index in [9.17, 15) is 5.11 Å². The lowest BCUT2D eigenvalue weighted by atomic mass is 10.1. The molecule has 0 radical (unpaired) electrons. The van der Waals surface area contributed by atoms with Crippen molar-refractivity contribution in [2.45, 2.75) is 12.5 Å². The van der Waals surface area contributed by atoms with Crippen LogP contribution in [0.15, 0.2) is 12.7 Å². The van der Waals surface area contributed by atoms with Crippen LogP contribution in [-0.4, -0.2) is 59.0 Å². The van der Waals surface area contributed by atoms with E-state index in [1.54, 1.807) is 18.7 Å². The van der Waals surface area contributed by atoms with Crippen molar-refractivity contribution in [2.24, 2.45) is 5.84 Å². The van der Waals surface area contributed by atoms with E-state index in [1.807, 2.05) is 6.26 Å². The normalized spacial score (nSPS) is 13.7. The summed E-state index contributed by atoms with van der Waals surface area (Å²) in [6.45, 7) is 2.02. The van der Waals surface area contributed by atoms with Gasteiger partial charge >= 0.3 is 0 Å². The SMILES string of the molecule is CSCC(C)(O)CNc1nc(NN)nc(-n2cncn2)n1. The lowest BCUT2D eigenvalue weighted by Crippen LogP contribution is -2.36. The highest BCUT2D eigenvalue weighted by molar-refractivity contribution is 7.98. The summed E-state index contributed by atoms with van der Waals surface area (Å²) in [4.78, 5) is 16.2. The van der Waals surface area contributed by atoms with E-state index in [-0.39, 0.29) is 17.8 Å². The zero-order valence-corrected chi connectivity index (χ0v) is 12.5. The van der Waals surface area contributed by atoms with Crippen LogP contribution in [0.3, 0.4) is 0 Å². The van der Waals surface area contributed by atoms with Crippen LogP contribution in [0.2, 0.25) is 0 Å². The molecule has 10 nitrogen and oxygen atoms in total. The smallest absolute Gasteiger partial charge is 0.258 e. The number of rotatable bonds is 7. The molecule has 1 atom stereocenters. The van der Waals surface area contributed by atoms with Crippen LogP contribution in [0.25, 0.3) is 5.95 Å². The van der Waals surface area contributed by atoms with Crippen molar-refractivity contribution in [3.05, 3.63) is 12.7 Å². The molecule has 114 valence electrons. The maximum absolute atomic E-state index is 10.1. The fraction of sp³-hybridized carbons (Fsp3) is 0.500. The quantitative estimate of drug-likeness (QED) is 0.382. The number of aliphatic hydroxyl groups is 1. The Labute approximate surface area is 125 Å². The minimum atomic E-state index is -0.879. The van der Waals surface area contributed by atoms with Gasteiger partial charge in [-0.05, 0) is 13.2 Å². The standard InChI is InChI=1S/C10H17N9OS/c1-10(20,4-21-2)3-13-7-15-8(18-11)17-9(16-7)19-6-12-5-14-19/h5-6,20H,3-4,11H2,1-2H3,(H2,13,15,16,17,18). The highest BCUT2D eigenvalue weighted by Gasteiger charge is 2.20. The average Bonchev–Trinajstić information content (AvgIpc) is 2.99. The second kappa shape index (κ2) is 6.65. The molecule has 2 aromatic heterocycles. The Bertz CT molecular complexity index is 574. The van der Waals surface area contributed by atoms with Gasteiger partial charge in [0, 0.05) is 12.3 Å². The van der Waals surface area contributed by atoms with Crippen molar-refractivity contribution in [3.63, 3.8) is 0 Å². The number of nitrogen functional groups attached to an aromatic ring is 1. The van der Waals surface area contributed by atoms with Gasteiger partial charge in [-0.2, -0.15) is 36.5 Å². The Morgan fingerprint density at radius 3 is 2.76 bits per heavy atom. The van der Waals surface area contributed by atoms with Gasteiger partial charge in [-0.15, -0.1) is 0 Å². The minimum absolute atomic E-state index is 0.183.